The molecule has 0 fully saturated rings. The number of rotatable bonds is 8. The Bertz CT molecular complexity index is 447. The van der Waals surface area contributed by atoms with Crippen LogP contribution in [0.4, 0.5) is 5.69 Å². The highest BCUT2D eigenvalue weighted by atomic mass is 16.5. The lowest BCUT2D eigenvalue weighted by molar-refractivity contribution is 0.311. The van der Waals surface area contributed by atoms with Crippen molar-refractivity contribution in [2.75, 3.05) is 32.6 Å². The van der Waals surface area contributed by atoms with Crippen LogP contribution in [-0.4, -0.2) is 33.3 Å². The third-order valence-electron chi connectivity index (χ3n) is 3.02. The fourth-order valence-corrected chi connectivity index (χ4v) is 1.92. The number of hydrogen-bond donors (Lipinski definition) is 2. The molecule has 0 aliphatic heterocycles. The van der Waals surface area contributed by atoms with E-state index < -0.39 is 0 Å². The predicted molar refractivity (Wildman–Crippen MR) is 88.7 cm³/mol. The second kappa shape index (κ2) is 9.91. The first kappa shape index (κ1) is 17.1. The number of aliphatic imine (C=N–C) groups is 1. The molecule has 0 aromatic heterocycles. The quantitative estimate of drug-likeness (QED) is 0.439. The van der Waals surface area contributed by atoms with E-state index in [9.17, 15) is 0 Å². The van der Waals surface area contributed by atoms with E-state index in [0.29, 0.717) is 6.61 Å². The standard InChI is InChI=1S/C16H27N3O2/c1-5-7-8-11-18-16(17-3)19-13-9-10-14(20-4)15(12-13)21-6-2/h9-10,12H,5-8,11H2,1-4H3,(H2,17,18,19). The van der Waals surface area contributed by atoms with E-state index in [1.54, 1.807) is 14.2 Å². The van der Waals surface area contributed by atoms with E-state index in [0.717, 1.165) is 36.1 Å². The topological polar surface area (TPSA) is 54.9 Å². The first-order valence-corrected chi connectivity index (χ1v) is 7.53. The van der Waals surface area contributed by atoms with Crippen LogP contribution in [0.15, 0.2) is 23.2 Å². The molecule has 0 bridgehead atoms. The third-order valence-corrected chi connectivity index (χ3v) is 3.02. The van der Waals surface area contributed by atoms with Gasteiger partial charge in [-0.3, -0.25) is 4.99 Å². The molecule has 0 heterocycles. The van der Waals surface area contributed by atoms with Crippen molar-refractivity contribution in [3.63, 3.8) is 0 Å². The van der Waals surface area contributed by atoms with Crippen LogP contribution in [-0.2, 0) is 0 Å². The largest absolute Gasteiger partial charge is 0.493 e. The Morgan fingerprint density at radius 1 is 1.19 bits per heavy atom. The van der Waals surface area contributed by atoms with Gasteiger partial charge in [0.15, 0.2) is 17.5 Å². The van der Waals surface area contributed by atoms with Crippen LogP contribution in [0.25, 0.3) is 0 Å². The van der Waals surface area contributed by atoms with Crippen molar-refractivity contribution in [1.82, 2.24) is 5.32 Å². The molecule has 1 aromatic carbocycles. The normalized spacial score (nSPS) is 11.1. The molecule has 0 radical (unpaired) electrons. The summed E-state index contributed by atoms with van der Waals surface area (Å²) in [5.41, 5.74) is 0.919. The van der Waals surface area contributed by atoms with Gasteiger partial charge < -0.3 is 20.1 Å². The lowest BCUT2D eigenvalue weighted by Gasteiger charge is -2.14. The molecule has 0 atom stereocenters. The minimum absolute atomic E-state index is 0.601. The fraction of sp³-hybridized carbons (Fsp3) is 0.562. The molecule has 0 spiro atoms. The van der Waals surface area contributed by atoms with Crippen LogP contribution in [0.3, 0.4) is 0 Å². The number of nitrogens with one attached hydrogen (secondary N) is 2. The highest BCUT2D eigenvalue weighted by Crippen LogP contribution is 2.30. The Kier molecular flexibility index (Phi) is 8.09. The SMILES string of the molecule is CCCCCNC(=NC)Nc1ccc(OC)c(OCC)c1. The number of guanidine groups is 1. The maximum absolute atomic E-state index is 5.57. The van der Waals surface area contributed by atoms with Crippen molar-refractivity contribution in [1.29, 1.82) is 0 Å². The molecule has 1 rings (SSSR count). The van der Waals surface area contributed by atoms with Crippen LogP contribution in [0.2, 0.25) is 0 Å². The summed E-state index contributed by atoms with van der Waals surface area (Å²) >= 11 is 0. The van der Waals surface area contributed by atoms with Crippen LogP contribution < -0.4 is 20.1 Å². The zero-order valence-electron chi connectivity index (χ0n) is 13.5. The molecule has 0 aliphatic carbocycles. The van der Waals surface area contributed by atoms with Gasteiger partial charge in [0.1, 0.15) is 0 Å². The molecule has 118 valence electrons. The highest BCUT2D eigenvalue weighted by Gasteiger charge is 2.06. The number of methoxy groups -OCH3 is 1. The van der Waals surface area contributed by atoms with Crippen molar-refractivity contribution in [2.45, 2.75) is 33.1 Å². The van der Waals surface area contributed by atoms with Gasteiger partial charge in [-0.1, -0.05) is 19.8 Å². The average Bonchev–Trinajstić information content (AvgIpc) is 2.51. The molecule has 0 saturated carbocycles. The lowest BCUT2D eigenvalue weighted by Crippen LogP contribution is -2.31. The van der Waals surface area contributed by atoms with E-state index >= 15 is 0 Å². The van der Waals surface area contributed by atoms with E-state index in [4.69, 9.17) is 9.47 Å². The average molecular weight is 293 g/mol. The van der Waals surface area contributed by atoms with Crippen LogP contribution >= 0.6 is 0 Å². The first-order valence-electron chi connectivity index (χ1n) is 7.53. The van der Waals surface area contributed by atoms with Crippen molar-refractivity contribution in [3.05, 3.63) is 18.2 Å². The monoisotopic (exact) mass is 293 g/mol. The summed E-state index contributed by atoms with van der Waals surface area (Å²) in [4.78, 5) is 4.22. The molecular weight excluding hydrogens is 266 g/mol. The Balaban J connectivity index is 2.65. The Morgan fingerprint density at radius 3 is 2.62 bits per heavy atom. The van der Waals surface area contributed by atoms with Gasteiger partial charge in [0.25, 0.3) is 0 Å². The Morgan fingerprint density at radius 2 is 2.00 bits per heavy atom. The van der Waals surface area contributed by atoms with Gasteiger partial charge in [0, 0.05) is 25.3 Å². The van der Waals surface area contributed by atoms with Gasteiger partial charge >= 0.3 is 0 Å². The minimum Gasteiger partial charge on any atom is -0.493 e. The van der Waals surface area contributed by atoms with Crippen molar-refractivity contribution >= 4 is 11.6 Å². The van der Waals surface area contributed by atoms with Gasteiger partial charge in [0.2, 0.25) is 0 Å². The molecule has 0 unspecified atom stereocenters. The van der Waals surface area contributed by atoms with Crippen LogP contribution in [0, 0.1) is 0 Å². The first-order chi connectivity index (χ1) is 10.2. The van der Waals surface area contributed by atoms with E-state index in [-0.39, 0.29) is 0 Å². The highest BCUT2D eigenvalue weighted by molar-refractivity contribution is 5.93. The van der Waals surface area contributed by atoms with Gasteiger partial charge in [0.05, 0.1) is 13.7 Å². The van der Waals surface area contributed by atoms with E-state index in [2.05, 4.69) is 22.5 Å². The number of benzene rings is 1. The Labute approximate surface area is 127 Å². The van der Waals surface area contributed by atoms with Gasteiger partial charge in [-0.05, 0) is 25.5 Å². The number of ether oxygens (including phenoxy) is 2. The summed E-state index contributed by atoms with van der Waals surface area (Å²) in [6.45, 7) is 5.67. The summed E-state index contributed by atoms with van der Waals surface area (Å²) in [6.07, 6.45) is 3.58. The minimum atomic E-state index is 0.601. The molecule has 21 heavy (non-hydrogen) atoms. The smallest absolute Gasteiger partial charge is 0.195 e. The van der Waals surface area contributed by atoms with E-state index in [1.807, 2.05) is 25.1 Å². The van der Waals surface area contributed by atoms with Crippen LogP contribution in [0.1, 0.15) is 33.1 Å². The second-order valence-corrected chi connectivity index (χ2v) is 4.63. The molecule has 0 amide bonds. The number of nitrogens with zero attached hydrogens (tertiary/aromatic N) is 1. The zero-order valence-corrected chi connectivity index (χ0v) is 13.5. The predicted octanol–water partition coefficient (Wildman–Crippen LogP) is 3.27. The molecule has 2 N–H and O–H groups in total. The molecule has 5 heteroatoms. The molecule has 1 aromatic rings. The Hall–Kier alpha value is -1.91. The molecule has 0 saturated heterocycles. The summed E-state index contributed by atoms with van der Waals surface area (Å²) < 4.78 is 10.8. The van der Waals surface area contributed by atoms with Crippen molar-refractivity contribution < 1.29 is 9.47 Å². The maximum Gasteiger partial charge on any atom is 0.195 e. The zero-order chi connectivity index (χ0) is 15.5. The number of unbranched alkanes of at least 4 members (excludes halogenated alkanes) is 2. The fourth-order valence-electron chi connectivity index (χ4n) is 1.92. The number of hydrogen-bond acceptors (Lipinski definition) is 3. The molecule has 5 nitrogen and oxygen atoms in total. The summed E-state index contributed by atoms with van der Waals surface area (Å²) in [5, 5.41) is 6.56. The maximum atomic E-state index is 5.57. The summed E-state index contributed by atoms with van der Waals surface area (Å²) in [5.74, 6) is 2.22. The summed E-state index contributed by atoms with van der Waals surface area (Å²) in [6, 6.07) is 5.75. The van der Waals surface area contributed by atoms with Gasteiger partial charge in [-0.2, -0.15) is 0 Å². The van der Waals surface area contributed by atoms with Gasteiger partial charge in [-0.15, -0.1) is 0 Å². The van der Waals surface area contributed by atoms with Crippen molar-refractivity contribution in [2.24, 2.45) is 4.99 Å². The lowest BCUT2D eigenvalue weighted by atomic mass is 10.2. The van der Waals surface area contributed by atoms with Gasteiger partial charge in [-0.25, -0.2) is 0 Å². The third kappa shape index (κ3) is 5.94. The summed E-state index contributed by atoms with van der Waals surface area (Å²) in [7, 11) is 3.40. The molecular formula is C16H27N3O2. The van der Waals surface area contributed by atoms with E-state index in [1.165, 1.54) is 12.8 Å². The van der Waals surface area contributed by atoms with Crippen LogP contribution in [0.5, 0.6) is 11.5 Å². The van der Waals surface area contributed by atoms with Crippen molar-refractivity contribution in [3.8, 4) is 11.5 Å². The second-order valence-electron chi connectivity index (χ2n) is 4.63. The number of anilines is 1. The molecule has 0 aliphatic rings.